The molecule has 10 aromatic rings. The van der Waals surface area contributed by atoms with Crippen LogP contribution < -0.4 is 5.19 Å². The van der Waals surface area contributed by atoms with Gasteiger partial charge in [0.25, 0.3) is 0 Å². The molecule has 0 saturated heterocycles. The third-order valence-corrected chi connectivity index (χ3v) is 15.0. The normalized spacial score (nSPS) is 13.3. The van der Waals surface area contributed by atoms with Crippen LogP contribution in [0.25, 0.3) is 83.2 Å². The van der Waals surface area contributed by atoms with Gasteiger partial charge in [0.05, 0.1) is 30.5 Å². The summed E-state index contributed by atoms with van der Waals surface area (Å²) in [6, 6.07) is 51.3. The van der Waals surface area contributed by atoms with Gasteiger partial charge >= 0.3 is 0 Å². The number of aryl methyl sites for hydroxylation is 2. The van der Waals surface area contributed by atoms with Gasteiger partial charge < -0.3 is 14.0 Å². The van der Waals surface area contributed by atoms with Gasteiger partial charge in [-0.05, 0) is 82.6 Å². The van der Waals surface area contributed by atoms with E-state index in [0.29, 0.717) is 0 Å². The Morgan fingerprint density at radius 3 is 2.27 bits per heavy atom. The maximum absolute atomic E-state index is 8.44. The molecule has 11 rings (SSSR count). The van der Waals surface area contributed by atoms with E-state index in [1.54, 1.807) is 0 Å². The fourth-order valence-electron chi connectivity index (χ4n) is 9.46. The van der Waals surface area contributed by atoms with Crippen LogP contribution in [0, 0.1) is 12.1 Å². The molecule has 0 amide bonds. The molecule has 1 aliphatic rings. The molecule has 4 heterocycles. The minimum Gasteiger partial charge on any atom is -0.500 e. The summed E-state index contributed by atoms with van der Waals surface area (Å²) in [6.45, 7) is 17.6. The topological polar surface area (TPSA) is 56.7 Å². The number of hydrogen-bond acceptors (Lipinski definition) is 4. The molecule has 0 fully saturated rings. The van der Waals surface area contributed by atoms with Gasteiger partial charge in [-0.1, -0.05) is 144 Å². The monoisotopic (exact) mass is 1060 g/mol. The fourth-order valence-corrected chi connectivity index (χ4v) is 11.0. The van der Waals surface area contributed by atoms with Gasteiger partial charge in [0.15, 0.2) is 0 Å². The summed E-state index contributed by atoms with van der Waals surface area (Å²) in [5, 5.41) is 5.69. The Kier molecular flexibility index (Phi) is 12.0. The first-order chi connectivity index (χ1) is 31.6. The molecule has 0 spiro atoms. The maximum Gasteiger partial charge on any atom is 0.127 e. The van der Waals surface area contributed by atoms with Crippen LogP contribution in [0.2, 0.25) is 19.6 Å². The van der Waals surface area contributed by atoms with Gasteiger partial charge in [-0.15, -0.1) is 54.1 Å². The van der Waals surface area contributed by atoms with Crippen molar-refractivity contribution < 1.29 is 25.9 Å². The molecule has 1 radical (unpaired) electrons. The Morgan fingerprint density at radius 1 is 0.742 bits per heavy atom. The number of fused-ring (bicyclic) bond motifs is 8. The van der Waals surface area contributed by atoms with Gasteiger partial charge in [-0.3, -0.25) is 9.97 Å². The van der Waals surface area contributed by atoms with Crippen LogP contribution in [-0.2, 0) is 38.4 Å². The van der Waals surface area contributed by atoms with Gasteiger partial charge in [-0.2, -0.15) is 0 Å². The third-order valence-electron chi connectivity index (χ3n) is 12.9. The molecule has 4 aromatic heterocycles. The number of hydrogen-bond donors (Lipinski definition) is 0. The van der Waals surface area contributed by atoms with E-state index in [1.165, 1.54) is 45.8 Å². The molecule has 0 atom stereocenters. The first-order valence-corrected chi connectivity index (χ1v) is 26.5. The second-order valence-electron chi connectivity index (χ2n) is 19.7. The van der Waals surface area contributed by atoms with Crippen molar-refractivity contribution in [3.63, 3.8) is 0 Å². The van der Waals surface area contributed by atoms with Crippen molar-refractivity contribution >= 4 is 57.0 Å². The van der Waals surface area contributed by atoms with E-state index in [-0.39, 0.29) is 25.5 Å². The fraction of sp³-hybridized carbons (Fsp3) is 0.237. The van der Waals surface area contributed by atoms with Gasteiger partial charge in [0.2, 0.25) is 0 Å². The van der Waals surface area contributed by atoms with E-state index < -0.39 is 14.0 Å². The van der Waals surface area contributed by atoms with Crippen LogP contribution in [0.4, 0.5) is 0 Å². The molecule has 6 aromatic carbocycles. The molecule has 0 saturated carbocycles. The van der Waals surface area contributed by atoms with E-state index in [1.807, 2.05) is 56.6 Å². The van der Waals surface area contributed by atoms with Crippen molar-refractivity contribution in [3.05, 3.63) is 174 Å². The summed E-state index contributed by atoms with van der Waals surface area (Å²) in [7, 11) is -1.50. The van der Waals surface area contributed by atoms with E-state index >= 15 is 0 Å². The number of pyridine rings is 2. The molecular formula is C59H56IrN4OSi-2. The Balaban J connectivity index is 0.000000226. The molecule has 0 aliphatic heterocycles. The second kappa shape index (κ2) is 18.0. The predicted octanol–water partition coefficient (Wildman–Crippen LogP) is 15.0. The second-order valence-corrected chi connectivity index (χ2v) is 24.8. The number of rotatable bonds is 6. The summed E-state index contributed by atoms with van der Waals surface area (Å²) < 4.78 is 17.6. The molecule has 333 valence electrons. The number of nitrogens with zero attached hydrogens (tertiary/aromatic N) is 4. The van der Waals surface area contributed by atoms with Crippen molar-refractivity contribution in [3.8, 4) is 39.5 Å². The Labute approximate surface area is 405 Å². The Morgan fingerprint density at radius 2 is 1.52 bits per heavy atom. The van der Waals surface area contributed by atoms with Crippen LogP contribution in [0.1, 0.15) is 77.1 Å². The van der Waals surface area contributed by atoms with Crippen molar-refractivity contribution in [2.75, 3.05) is 0 Å². The van der Waals surface area contributed by atoms with Crippen molar-refractivity contribution in [2.45, 2.75) is 91.3 Å². The largest absolute Gasteiger partial charge is 0.500 e. The van der Waals surface area contributed by atoms with Crippen molar-refractivity contribution in [1.82, 2.24) is 19.5 Å². The van der Waals surface area contributed by atoms with Gasteiger partial charge in [0.1, 0.15) is 5.58 Å². The van der Waals surface area contributed by atoms with Crippen LogP contribution in [0.3, 0.4) is 0 Å². The predicted molar refractivity (Wildman–Crippen MR) is 274 cm³/mol. The quantitative estimate of drug-likeness (QED) is 0.123. The van der Waals surface area contributed by atoms with Crippen molar-refractivity contribution in [1.29, 1.82) is 0 Å². The molecule has 0 N–H and O–H groups in total. The van der Waals surface area contributed by atoms with Gasteiger partial charge in [-0.25, -0.2) is 0 Å². The molecule has 66 heavy (non-hydrogen) atoms. The third kappa shape index (κ3) is 8.38. The zero-order chi connectivity index (χ0) is 46.0. The summed E-state index contributed by atoms with van der Waals surface area (Å²) in [5.41, 5.74) is 14.8. The van der Waals surface area contributed by atoms with Crippen LogP contribution in [0.5, 0.6) is 0 Å². The van der Waals surface area contributed by atoms with E-state index in [0.717, 1.165) is 90.7 Å². The maximum atomic E-state index is 8.44. The first-order valence-electron chi connectivity index (χ1n) is 23.5. The summed E-state index contributed by atoms with van der Waals surface area (Å²) in [4.78, 5) is 15.0. The minimum atomic E-state index is -1.50. The summed E-state index contributed by atoms with van der Waals surface area (Å²) in [5.74, 6) is 0.209. The average molecular weight is 1060 g/mol. The Bertz CT molecular complexity index is 3430. The zero-order valence-corrected chi connectivity index (χ0v) is 42.5. The van der Waals surface area contributed by atoms with Gasteiger partial charge in [0, 0.05) is 67.2 Å². The standard InChI is InChI=1S/C42H34N3O.C17H22NSi.Ir/c1-42(2,3)28-21-23-36(33(24-28)26-12-5-4-6-13-26)45-37-22-20-27-14-7-8-15-29(27)38(37)44-41(45)32-18-11-17-30-34-25-43-35-19-10-9-16-31(35)40(34)46-39(30)32;1-13(2)15-11-16(14-9-7-6-8-10-14)18-12-17(15)19(3,4)5;/h4-8,11-15,17,20-25H,9-10,16,19H2,1-3H3;6-9,11-13H,1-5H3;/q2*-1;/i;13D;. The van der Waals surface area contributed by atoms with Crippen LogP contribution in [0.15, 0.2) is 144 Å². The summed E-state index contributed by atoms with van der Waals surface area (Å²) >= 11 is 0. The minimum absolute atomic E-state index is 0. The average Bonchev–Trinajstić information content (AvgIpc) is 3.91. The molecular weight excluding hydrogens is 1000 g/mol. The van der Waals surface area contributed by atoms with Crippen LogP contribution >= 0.6 is 0 Å². The number of benzene rings is 6. The smallest absolute Gasteiger partial charge is 0.127 e. The summed E-state index contributed by atoms with van der Waals surface area (Å²) in [6.07, 6.45) is 8.35. The number of aromatic nitrogens is 4. The van der Waals surface area contributed by atoms with Crippen LogP contribution in [-0.4, -0.2) is 27.6 Å². The SMILES string of the molecule is CC(C)(C)c1ccc(-n2c(-c3[c-]ccc4c3oc3c5c(ncc34)CCCC5)nc3c4ccccc4ccc32)c(-c2ccccc2)c1.[2H]C(C)(C)c1cc(-c2[c-]cccc2)ncc1[Si](C)(C)C.[Ir]. The molecule has 0 unspecified atom stereocenters. The Hall–Kier alpha value is -5.98. The molecule has 7 heteroatoms. The van der Waals surface area contributed by atoms with E-state index in [2.05, 4.69) is 159 Å². The zero-order valence-electron chi connectivity index (χ0n) is 40.1. The molecule has 0 bridgehead atoms. The number of imidazole rings is 1. The first kappa shape index (κ1) is 43.9. The van der Waals surface area contributed by atoms with E-state index in [4.69, 9.17) is 15.8 Å². The number of furan rings is 1. The van der Waals surface area contributed by atoms with Crippen molar-refractivity contribution in [2.24, 2.45) is 0 Å². The molecule has 1 aliphatic carbocycles. The van der Waals surface area contributed by atoms with E-state index in [9.17, 15) is 0 Å². The molecule has 5 nitrogen and oxygen atoms in total.